The molecule has 180 valence electrons. The van der Waals surface area contributed by atoms with Gasteiger partial charge in [-0.2, -0.15) is 0 Å². The number of aliphatic carboxylic acids is 1. The number of carbonyl (C=O) groups excluding carboxylic acids is 1. The molecule has 32 heavy (non-hydrogen) atoms. The lowest BCUT2D eigenvalue weighted by atomic mass is 9.47. The number of allylic oxidation sites excluding steroid dienone is 1. The van der Waals surface area contributed by atoms with Gasteiger partial charge in [0.15, 0.2) is 0 Å². The predicted molar refractivity (Wildman–Crippen MR) is 126 cm³/mol. The van der Waals surface area contributed by atoms with Gasteiger partial charge in [0.25, 0.3) is 0 Å². The highest BCUT2D eigenvalue weighted by Gasteiger charge is 2.58. The molecule has 0 heterocycles. The molecule has 0 unspecified atom stereocenters. The molecule has 0 aromatic heterocycles. The van der Waals surface area contributed by atoms with Crippen molar-refractivity contribution in [2.24, 2.45) is 34.5 Å². The van der Waals surface area contributed by atoms with Gasteiger partial charge in [-0.3, -0.25) is 9.59 Å². The van der Waals surface area contributed by atoms with Crippen molar-refractivity contribution in [3.8, 4) is 0 Å². The standard InChI is InChI=1S/C28H44O4/c1-4-19-11-13-23-22-12-10-20-18-21(32-26(31)9-7-5-6-8-25(29)30)14-16-28(20,3)24(22)15-17-27(19,23)2/h10,19,21-24H,4-9,11-18H2,1-3H3,(H,29,30)/t19-,21-,22-,23-,24-,27+,28-/m0/s1. The quantitative estimate of drug-likeness (QED) is 0.251. The Morgan fingerprint density at radius 1 is 1.03 bits per heavy atom. The van der Waals surface area contributed by atoms with E-state index in [1.54, 1.807) is 5.57 Å². The van der Waals surface area contributed by atoms with E-state index in [9.17, 15) is 9.59 Å². The van der Waals surface area contributed by atoms with Crippen LogP contribution in [0.5, 0.6) is 0 Å². The van der Waals surface area contributed by atoms with Crippen LogP contribution in [-0.4, -0.2) is 23.1 Å². The van der Waals surface area contributed by atoms with Crippen LogP contribution in [0.2, 0.25) is 0 Å². The number of unbranched alkanes of at least 4 members (excludes halogenated alkanes) is 2. The van der Waals surface area contributed by atoms with Crippen molar-refractivity contribution in [1.29, 1.82) is 0 Å². The molecule has 0 saturated heterocycles. The molecule has 7 atom stereocenters. The van der Waals surface area contributed by atoms with Crippen LogP contribution in [0.25, 0.3) is 0 Å². The Hall–Kier alpha value is -1.32. The lowest BCUT2D eigenvalue weighted by molar-refractivity contribution is -0.151. The van der Waals surface area contributed by atoms with Gasteiger partial charge in [0, 0.05) is 19.3 Å². The van der Waals surface area contributed by atoms with Crippen molar-refractivity contribution in [2.75, 3.05) is 0 Å². The van der Waals surface area contributed by atoms with Crippen molar-refractivity contribution < 1.29 is 19.4 Å². The van der Waals surface area contributed by atoms with Crippen LogP contribution in [-0.2, 0) is 14.3 Å². The molecule has 0 radical (unpaired) electrons. The van der Waals surface area contributed by atoms with E-state index >= 15 is 0 Å². The maximum Gasteiger partial charge on any atom is 0.306 e. The summed E-state index contributed by atoms with van der Waals surface area (Å²) in [5.74, 6) is 2.61. The molecule has 0 aromatic carbocycles. The van der Waals surface area contributed by atoms with Gasteiger partial charge in [-0.1, -0.05) is 45.3 Å². The third-order valence-corrected chi connectivity index (χ3v) is 10.3. The van der Waals surface area contributed by atoms with E-state index in [2.05, 4.69) is 26.8 Å². The number of esters is 1. The van der Waals surface area contributed by atoms with Gasteiger partial charge in [0.1, 0.15) is 6.10 Å². The average molecular weight is 445 g/mol. The largest absolute Gasteiger partial charge is 0.481 e. The third kappa shape index (κ3) is 4.40. The fourth-order valence-electron chi connectivity index (χ4n) is 8.47. The minimum Gasteiger partial charge on any atom is -0.481 e. The predicted octanol–water partition coefficient (Wildman–Crippen LogP) is 6.92. The van der Waals surface area contributed by atoms with Crippen molar-refractivity contribution in [3.05, 3.63) is 11.6 Å². The first-order valence-electron chi connectivity index (χ1n) is 13.4. The molecular weight excluding hydrogens is 400 g/mol. The molecular formula is C28H44O4. The summed E-state index contributed by atoms with van der Waals surface area (Å²) in [7, 11) is 0. The molecule has 4 aliphatic rings. The highest BCUT2D eigenvalue weighted by Crippen LogP contribution is 2.66. The first-order chi connectivity index (χ1) is 15.3. The topological polar surface area (TPSA) is 63.6 Å². The Kier molecular flexibility index (Phi) is 7.08. The highest BCUT2D eigenvalue weighted by molar-refractivity contribution is 5.69. The number of hydrogen-bond donors (Lipinski definition) is 1. The molecule has 3 fully saturated rings. The summed E-state index contributed by atoms with van der Waals surface area (Å²) in [4.78, 5) is 22.9. The van der Waals surface area contributed by atoms with Gasteiger partial charge in [-0.05, 0) is 92.3 Å². The number of hydrogen-bond acceptors (Lipinski definition) is 3. The molecule has 0 spiro atoms. The Morgan fingerprint density at radius 2 is 1.81 bits per heavy atom. The van der Waals surface area contributed by atoms with Gasteiger partial charge in [0.2, 0.25) is 0 Å². The monoisotopic (exact) mass is 444 g/mol. The van der Waals surface area contributed by atoms with Gasteiger partial charge >= 0.3 is 11.9 Å². The number of carbonyl (C=O) groups is 2. The highest BCUT2D eigenvalue weighted by atomic mass is 16.5. The molecule has 0 aromatic rings. The fourth-order valence-corrected chi connectivity index (χ4v) is 8.47. The van der Waals surface area contributed by atoms with Crippen LogP contribution in [0.3, 0.4) is 0 Å². The second kappa shape index (κ2) is 9.50. The Bertz CT molecular complexity index is 742. The summed E-state index contributed by atoms with van der Waals surface area (Å²) in [5, 5.41) is 8.71. The third-order valence-electron chi connectivity index (χ3n) is 10.3. The molecule has 0 aliphatic heterocycles. The lowest BCUT2D eigenvalue weighted by Gasteiger charge is -2.58. The Labute approximate surface area is 194 Å². The second-order valence-corrected chi connectivity index (χ2v) is 11.8. The van der Waals surface area contributed by atoms with E-state index < -0.39 is 5.97 Å². The van der Waals surface area contributed by atoms with Gasteiger partial charge < -0.3 is 9.84 Å². The van der Waals surface area contributed by atoms with Crippen molar-refractivity contribution in [1.82, 2.24) is 0 Å². The summed E-state index contributed by atoms with van der Waals surface area (Å²) >= 11 is 0. The Balaban J connectivity index is 1.33. The van der Waals surface area contributed by atoms with Gasteiger partial charge in [-0.25, -0.2) is 0 Å². The van der Waals surface area contributed by atoms with E-state index in [0.717, 1.165) is 55.8 Å². The van der Waals surface area contributed by atoms with Crippen molar-refractivity contribution in [2.45, 2.75) is 117 Å². The smallest absolute Gasteiger partial charge is 0.306 e. The number of ether oxygens (including phenoxy) is 1. The van der Waals surface area contributed by atoms with Crippen LogP contribution in [0, 0.1) is 34.5 Å². The van der Waals surface area contributed by atoms with E-state index in [1.807, 2.05) is 0 Å². The molecule has 4 aliphatic carbocycles. The minimum atomic E-state index is -0.762. The summed E-state index contributed by atoms with van der Waals surface area (Å²) in [5.41, 5.74) is 2.43. The van der Waals surface area contributed by atoms with E-state index in [0.29, 0.717) is 23.7 Å². The minimum absolute atomic E-state index is 0.0298. The fraction of sp³-hybridized carbons (Fsp3) is 0.857. The molecule has 0 bridgehead atoms. The molecule has 4 nitrogen and oxygen atoms in total. The van der Waals surface area contributed by atoms with Gasteiger partial charge in [-0.15, -0.1) is 0 Å². The number of carboxylic acid groups (broad SMARTS) is 1. The zero-order valence-electron chi connectivity index (χ0n) is 20.5. The maximum absolute atomic E-state index is 12.3. The van der Waals surface area contributed by atoms with E-state index in [-0.39, 0.29) is 18.5 Å². The summed E-state index contributed by atoms with van der Waals surface area (Å²) in [6, 6.07) is 0. The van der Waals surface area contributed by atoms with Crippen molar-refractivity contribution >= 4 is 11.9 Å². The van der Waals surface area contributed by atoms with Crippen LogP contribution in [0.1, 0.15) is 111 Å². The SMILES string of the molecule is CC[C@H]1CC[C@H]2[C@@H]3CC=C4C[C@@H](OC(=O)CCCCCC(=O)O)CC[C@]4(C)[C@H]3CC[C@]12C. The van der Waals surface area contributed by atoms with E-state index in [4.69, 9.17) is 9.84 Å². The Morgan fingerprint density at radius 3 is 2.56 bits per heavy atom. The molecule has 4 rings (SSSR count). The van der Waals surface area contributed by atoms with Crippen LogP contribution in [0.4, 0.5) is 0 Å². The lowest BCUT2D eigenvalue weighted by Crippen LogP contribution is -2.50. The maximum atomic E-state index is 12.3. The number of rotatable bonds is 8. The number of carboxylic acids is 1. The summed E-state index contributed by atoms with van der Waals surface area (Å²) in [6.07, 6.45) is 16.6. The summed E-state index contributed by atoms with van der Waals surface area (Å²) < 4.78 is 5.87. The van der Waals surface area contributed by atoms with Gasteiger partial charge in [0.05, 0.1) is 0 Å². The average Bonchev–Trinajstić information content (AvgIpc) is 3.10. The first-order valence-corrected chi connectivity index (χ1v) is 13.4. The number of fused-ring (bicyclic) bond motifs is 5. The van der Waals surface area contributed by atoms with E-state index in [1.165, 1.54) is 38.5 Å². The normalized spacial score (nSPS) is 40.6. The first kappa shape index (κ1) is 23.8. The van der Waals surface area contributed by atoms with Crippen molar-refractivity contribution in [3.63, 3.8) is 0 Å². The zero-order chi connectivity index (χ0) is 22.9. The molecule has 0 amide bonds. The zero-order valence-corrected chi connectivity index (χ0v) is 20.5. The molecule has 3 saturated carbocycles. The molecule has 4 heteroatoms. The van der Waals surface area contributed by atoms with Crippen LogP contribution in [0.15, 0.2) is 11.6 Å². The summed E-state index contributed by atoms with van der Waals surface area (Å²) in [6.45, 7) is 7.52. The second-order valence-electron chi connectivity index (χ2n) is 11.8. The van der Waals surface area contributed by atoms with Crippen LogP contribution < -0.4 is 0 Å². The van der Waals surface area contributed by atoms with Crippen LogP contribution >= 0.6 is 0 Å². The molecule has 1 N–H and O–H groups in total.